The van der Waals surface area contributed by atoms with E-state index in [1.165, 1.54) is 23.3 Å². The zero-order valence-corrected chi connectivity index (χ0v) is 12.6. The van der Waals surface area contributed by atoms with Gasteiger partial charge in [-0.2, -0.15) is 0 Å². The van der Waals surface area contributed by atoms with Gasteiger partial charge in [0.15, 0.2) is 0 Å². The van der Waals surface area contributed by atoms with Crippen LogP contribution in [0, 0.1) is 6.92 Å². The third-order valence-corrected chi connectivity index (χ3v) is 4.51. The van der Waals surface area contributed by atoms with E-state index >= 15 is 0 Å². The van der Waals surface area contributed by atoms with Crippen LogP contribution in [0.2, 0.25) is 0 Å². The van der Waals surface area contributed by atoms with Crippen LogP contribution < -0.4 is 10.1 Å². The zero-order valence-electron chi connectivity index (χ0n) is 11.8. The number of hydrogen-bond acceptors (Lipinski definition) is 4. The van der Waals surface area contributed by atoms with Gasteiger partial charge in [0.25, 0.3) is 0 Å². The Bertz CT molecular complexity index is 563. The second kappa shape index (κ2) is 6.37. The average Bonchev–Trinajstić information content (AvgIpc) is 3.20. The minimum absolute atomic E-state index is 0.711. The van der Waals surface area contributed by atoms with Gasteiger partial charge in [-0.1, -0.05) is 12.1 Å². The van der Waals surface area contributed by atoms with E-state index in [4.69, 9.17) is 4.74 Å². The van der Waals surface area contributed by atoms with Crippen LogP contribution in [-0.4, -0.2) is 17.6 Å². The van der Waals surface area contributed by atoms with E-state index in [0.717, 1.165) is 30.5 Å². The molecule has 0 amide bonds. The van der Waals surface area contributed by atoms with Crippen molar-refractivity contribution in [3.63, 3.8) is 0 Å². The van der Waals surface area contributed by atoms with Gasteiger partial charge in [-0.15, -0.1) is 11.3 Å². The van der Waals surface area contributed by atoms with Crippen LogP contribution in [-0.2, 0) is 13.0 Å². The van der Waals surface area contributed by atoms with Crippen molar-refractivity contribution in [2.75, 3.05) is 6.61 Å². The molecule has 0 bridgehead atoms. The lowest BCUT2D eigenvalue weighted by molar-refractivity contribution is 0.322. The molecule has 0 unspecified atom stereocenters. The van der Waals surface area contributed by atoms with Gasteiger partial charge in [-0.25, -0.2) is 4.98 Å². The zero-order chi connectivity index (χ0) is 13.8. The molecule has 3 rings (SSSR count). The predicted molar refractivity (Wildman–Crippen MR) is 82.4 cm³/mol. The molecule has 4 heteroatoms. The smallest absolute Gasteiger partial charge is 0.119 e. The molecule has 0 aliphatic heterocycles. The molecule has 1 aromatic heterocycles. The van der Waals surface area contributed by atoms with Gasteiger partial charge in [0.05, 0.1) is 17.8 Å². The molecule has 0 atom stereocenters. The molecule has 1 saturated carbocycles. The summed E-state index contributed by atoms with van der Waals surface area (Å²) in [6.45, 7) is 3.70. The average molecular weight is 288 g/mol. The van der Waals surface area contributed by atoms with E-state index in [1.54, 1.807) is 11.3 Å². The number of ether oxygens (including phenoxy) is 1. The maximum absolute atomic E-state index is 5.85. The fourth-order valence-electron chi connectivity index (χ4n) is 2.12. The van der Waals surface area contributed by atoms with Crippen LogP contribution in [0.3, 0.4) is 0 Å². The van der Waals surface area contributed by atoms with Gasteiger partial charge < -0.3 is 10.1 Å². The van der Waals surface area contributed by atoms with Gasteiger partial charge in [-0.3, -0.25) is 0 Å². The van der Waals surface area contributed by atoms with Crippen molar-refractivity contribution in [3.05, 3.63) is 45.9 Å². The van der Waals surface area contributed by atoms with Gasteiger partial charge in [-0.05, 0) is 37.5 Å². The first-order valence-electron chi connectivity index (χ1n) is 7.15. The lowest BCUT2D eigenvalue weighted by Gasteiger charge is -2.08. The van der Waals surface area contributed by atoms with Crippen molar-refractivity contribution in [1.82, 2.24) is 10.3 Å². The highest BCUT2D eigenvalue weighted by Crippen LogP contribution is 2.20. The molecule has 1 aromatic carbocycles. The molecular formula is C16H20N2OS. The Morgan fingerprint density at radius 1 is 1.40 bits per heavy atom. The second-order valence-electron chi connectivity index (χ2n) is 5.26. The van der Waals surface area contributed by atoms with E-state index in [0.29, 0.717) is 6.61 Å². The maximum atomic E-state index is 5.85. The van der Waals surface area contributed by atoms with Gasteiger partial charge in [0, 0.05) is 23.9 Å². The molecule has 1 fully saturated rings. The van der Waals surface area contributed by atoms with Crippen LogP contribution in [0.5, 0.6) is 5.75 Å². The molecule has 0 saturated heterocycles. The topological polar surface area (TPSA) is 34.1 Å². The highest BCUT2D eigenvalue weighted by molar-refractivity contribution is 7.09. The molecular weight excluding hydrogens is 268 g/mol. The Labute approximate surface area is 124 Å². The minimum Gasteiger partial charge on any atom is -0.493 e. The lowest BCUT2D eigenvalue weighted by Crippen LogP contribution is -2.15. The number of aryl methyl sites for hydroxylation is 1. The normalized spacial score (nSPS) is 14.4. The van der Waals surface area contributed by atoms with E-state index in [1.807, 2.05) is 11.6 Å². The van der Waals surface area contributed by atoms with Crippen molar-refractivity contribution in [1.29, 1.82) is 0 Å². The van der Waals surface area contributed by atoms with Crippen molar-refractivity contribution < 1.29 is 4.74 Å². The predicted octanol–water partition coefficient (Wildman–Crippen LogP) is 3.33. The van der Waals surface area contributed by atoms with E-state index in [9.17, 15) is 0 Å². The van der Waals surface area contributed by atoms with Crippen molar-refractivity contribution in [2.24, 2.45) is 0 Å². The maximum Gasteiger partial charge on any atom is 0.119 e. The van der Waals surface area contributed by atoms with Crippen molar-refractivity contribution in [3.8, 4) is 5.75 Å². The molecule has 106 valence electrons. The summed E-state index contributed by atoms with van der Waals surface area (Å²) in [5, 5.41) is 3.52. The fourth-order valence-corrected chi connectivity index (χ4v) is 2.89. The number of nitrogens with zero attached hydrogens (tertiary/aromatic N) is 1. The van der Waals surface area contributed by atoms with Crippen LogP contribution in [0.1, 0.15) is 29.0 Å². The van der Waals surface area contributed by atoms with Gasteiger partial charge >= 0.3 is 0 Å². The number of rotatable bonds is 7. The molecule has 1 N–H and O–H groups in total. The SMILES string of the molecule is Cc1ncsc1CCOc1cccc(CNC2CC2)c1. The first-order valence-corrected chi connectivity index (χ1v) is 8.03. The van der Waals surface area contributed by atoms with Crippen molar-refractivity contribution >= 4 is 11.3 Å². The summed E-state index contributed by atoms with van der Waals surface area (Å²) in [5.74, 6) is 0.960. The standard InChI is InChI=1S/C16H20N2OS/c1-12-16(20-11-18-12)7-8-19-15-4-2-3-13(9-15)10-17-14-5-6-14/h2-4,9,11,14,17H,5-8,10H2,1H3. The molecule has 0 radical (unpaired) electrons. The lowest BCUT2D eigenvalue weighted by atomic mass is 10.2. The van der Waals surface area contributed by atoms with Gasteiger partial charge in [0.1, 0.15) is 5.75 Å². The van der Waals surface area contributed by atoms with Crippen LogP contribution in [0.15, 0.2) is 29.8 Å². The summed E-state index contributed by atoms with van der Waals surface area (Å²) in [4.78, 5) is 5.57. The summed E-state index contributed by atoms with van der Waals surface area (Å²) in [6.07, 6.45) is 3.58. The molecule has 2 aromatic rings. The molecule has 3 nitrogen and oxygen atoms in total. The van der Waals surface area contributed by atoms with Crippen molar-refractivity contribution in [2.45, 2.75) is 38.8 Å². The third kappa shape index (κ3) is 3.81. The molecule has 1 aliphatic carbocycles. The minimum atomic E-state index is 0.711. The number of nitrogens with one attached hydrogen (secondary N) is 1. The summed E-state index contributed by atoms with van der Waals surface area (Å²) >= 11 is 1.70. The third-order valence-electron chi connectivity index (χ3n) is 3.51. The van der Waals surface area contributed by atoms with Crippen LogP contribution in [0.25, 0.3) is 0 Å². The monoisotopic (exact) mass is 288 g/mol. The summed E-state index contributed by atoms with van der Waals surface area (Å²) in [7, 11) is 0. The fraction of sp³-hybridized carbons (Fsp3) is 0.438. The molecule has 0 spiro atoms. The first kappa shape index (κ1) is 13.6. The van der Waals surface area contributed by atoms with E-state index in [-0.39, 0.29) is 0 Å². The largest absolute Gasteiger partial charge is 0.493 e. The first-order chi connectivity index (χ1) is 9.81. The number of thiazole rings is 1. The van der Waals surface area contributed by atoms with Crippen LogP contribution in [0.4, 0.5) is 0 Å². The number of hydrogen-bond donors (Lipinski definition) is 1. The van der Waals surface area contributed by atoms with E-state index in [2.05, 4.69) is 35.4 Å². The Morgan fingerprint density at radius 3 is 3.05 bits per heavy atom. The number of benzene rings is 1. The second-order valence-corrected chi connectivity index (χ2v) is 6.20. The summed E-state index contributed by atoms with van der Waals surface area (Å²) in [5.41, 5.74) is 4.32. The molecule has 1 heterocycles. The Hall–Kier alpha value is -1.39. The Balaban J connectivity index is 1.49. The Kier molecular flexibility index (Phi) is 4.33. The summed E-state index contributed by atoms with van der Waals surface area (Å²) < 4.78 is 5.85. The van der Waals surface area contributed by atoms with Gasteiger partial charge in [0.2, 0.25) is 0 Å². The Morgan fingerprint density at radius 2 is 2.30 bits per heavy atom. The van der Waals surface area contributed by atoms with E-state index < -0.39 is 0 Å². The highest BCUT2D eigenvalue weighted by atomic mass is 32.1. The highest BCUT2D eigenvalue weighted by Gasteiger charge is 2.19. The molecule has 20 heavy (non-hydrogen) atoms. The summed E-state index contributed by atoms with van der Waals surface area (Å²) in [6, 6.07) is 9.12. The number of aromatic nitrogens is 1. The molecule has 1 aliphatic rings. The quantitative estimate of drug-likeness (QED) is 0.848. The van der Waals surface area contributed by atoms with Crippen LogP contribution >= 0.6 is 11.3 Å².